The third kappa shape index (κ3) is 4.63. The van der Waals surface area contributed by atoms with Crippen molar-refractivity contribution >= 4 is 17.6 Å². The molecule has 1 heterocycles. The predicted octanol–water partition coefficient (Wildman–Crippen LogP) is 2.65. The van der Waals surface area contributed by atoms with Gasteiger partial charge in [-0.05, 0) is 43.0 Å². The van der Waals surface area contributed by atoms with Crippen LogP contribution in [0.2, 0.25) is 0 Å². The first-order valence-electron chi connectivity index (χ1n) is 9.58. The van der Waals surface area contributed by atoms with Crippen molar-refractivity contribution in [3.05, 3.63) is 59.2 Å². The summed E-state index contributed by atoms with van der Waals surface area (Å²) in [4.78, 5) is 18.8. The molecule has 0 aliphatic carbocycles. The van der Waals surface area contributed by atoms with Crippen LogP contribution in [-0.4, -0.2) is 39.1 Å². The van der Waals surface area contributed by atoms with Gasteiger partial charge in [0.2, 0.25) is 5.91 Å². The van der Waals surface area contributed by atoms with Crippen LogP contribution in [0.1, 0.15) is 23.1 Å². The number of nitrogens with one attached hydrogen (secondary N) is 2. The normalized spacial score (nSPS) is 13.7. The number of aliphatic imine (C=N–C) groups is 1. The zero-order chi connectivity index (χ0) is 19.9. The van der Waals surface area contributed by atoms with Gasteiger partial charge in [0.15, 0.2) is 5.96 Å². The Balaban J connectivity index is 1.57. The van der Waals surface area contributed by atoms with E-state index in [-0.39, 0.29) is 12.5 Å². The molecule has 6 heteroatoms. The average Bonchev–Trinajstić information content (AvgIpc) is 2.73. The third-order valence-corrected chi connectivity index (χ3v) is 4.93. The van der Waals surface area contributed by atoms with Gasteiger partial charge in [-0.1, -0.05) is 30.3 Å². The summed E-state index contributed by atoms with van der Waals surface area (Å²) < 4.78 is 5.44. The monoisotopic (exact) mass is 380 g/mol. The van der Waals surface area contributed by atoms with Crippen LogP contribution in [0, 0.1) is 6.92 Å². The van der Waals surface area contributed by atoms with Gasteiger partial charge in [-0.25, -0.2) is 0 Å². The molecule has 0 atom stereocenters. The zero-order valence-corrected chi connectivity index (χ0v) is 16.8. The number of para-hydroxylation sites is 1. The molecule has 28 heavy (non-hydrogen) atoms. The Labute approximate surface area is 166 Å². The number of amides is 1. The first-order chi connectivity index (χ1) is 13.6. The van der Waals surface area contributed by atoms with Crippen molar-refractivity contribution in [2.75, 3.05) is 32.1 Å². The summed E-state index contributed by atoms with van der Waals surface area (Å²) in [6.07, 6.45) is 2.01. The van der Waals surface area contributed by atoms with E-state index >= 15 is 0 Å². The van der Waals surface area contributed by atoms with E-state index in [4.69, 9.17) is 4.74 Å². The summed E-state index contributed by atoms with van der Waals surface area (Å²) in [6, 6.07) is 14.2. The molecule has 1 aliphatic rings. The van der Waals surface area contributed by atoms with Crippen molar-refractivity contribution in [1.29, 1.82) is 0 Å². The molecule has 0 fully saturated rings. The smallest absolute Gasteiger partial charge is 0.246 e. The second-order valence-electron chi connectivity index (χ2n) is 6.87. The maximum absolute atomic E-state index is 12.8. The summed E-state index contributed by atoms with van der Waals surface area (Å²) in [5.41, 5.74) is 4.44. The maximum Gasteiger partial charge on any atom is 0.246 e. The number of nitrogens with zero attached hydrogens (tertiary/aromatic N) is 2. The van der Waals surface area contributed by atoms with Gasteiger partial charge in [0.25, 0.3) is 0 Å². The van der Waals surface area contributed by atoms with Gasteiger partial charge in [-0.2, -0.15) is 0 Å². The fourth-order valence-electron chi connectivity index (χ4n) is 3.44. The highest BCUT2D eigenvalue weighted by Crippen LogP contribution is 2.26. The number of anilines is 1. The van der Waals surface area contributed by atoms with Gasteiger partial charge in [0, 0.05) is 31.4 Å². The van der Waals surface area contributed by atoms with Gasteiger partial charge in [0.1, 0.15) is 5.75 Å². The number of hydrogen-bond acceptors (Lipinski definition) is 3. The van der Waals surface area contributed by atoms with Crippen LogP contribution in [0.4, 0.5) is 5.69 Å². The fraction of sp³-hybridized carbons (Fsp3) is 0.364. The van der Waals surface area contributed by atoms with E-state index in [1.54, 1.807) is 14.2 Å². The molecule has 3 rings (SSSR count). The molecule has 0 unspecified atom stereocenters. The lowest BCUT2D eigenvalue weighted by Gasteiger charge is -2.29. The largest absolute Gasteiger partial charge is 0.496 e. The first-order valence-corrected chi connectivity index (χ1v) is 9.58. The van der Waals surface area contributed by atoms with Crippen molar-refractivity contribution in [2.24, 2.45) is 4.99 Å². The highest BCUT2D eigenvalue weighted by Gasteiger charge is 2.22. The Morgan fingerprint density at radius 3 is 2.82 bits per heavy atom. The van der Waals surface area contributed by atoms with Crippen LogP contribution < -0.4 is 20.3 Å². The van der Waals surface area contributed by atoms with Gasteiger partial charge >= 0.3 is 0 Å². The number of aryl methyl sites for hydroxylation is 2. The molecule has 0 spiro atoms. The number of rotatable bonds is 5. The zero-order valence-electron chi connectivity index (χ0n) is 16.8. The van der Waals surface area contributed by atoms with E-state index in [2.05, 4.69) is 21.7 Å². The van der Waals surface area contributed by atoms with Crippen molar-refractivity contribution in [3.8, 4) is 5.75 Å². The second-order valence-corrected chi connectivity index (χ2v) is 6.87. The molecular weight excluding hydrogens is 352 g/mol. The first kappa shape index (κ1) is 19.7. The second kappa shape index (κ2) is 9.26. The lowest BCUT2D eigenvalue weighted by Crippen LogP contribution is -2.45. The molecule has 2 aromatic carbocycles. The average molecular weight is 380 g/mol. The number of guanidine groups is 1. The number of methoxy groups -OCH3 is 1. The van der Waals surface area contributed by atoms with Crippen LogP contribution in [-0.2, 0) is 17.8 Å². The summed E-state index contributed by atoms with van der Waals surface area (Å²) >= 11 is 0. The van der Waals surface area contributed by atoms with Crippen molar-refractivity contribution in [2.45, 2.75) is 26.3 Å². The SMILES string of the molecule is CN=C(NCC(=O)N1CCCc2ccccc21)NCc1ccc(C)cc1OC. The van der Waals surface area contributed by atoms with Gasteiger partial charge in [0.05, 0.1) is 13.7 Å². The minimum Gasteiger partial charge on any atom is -0.496 e. The molecule has 0 bridgehead atoms. The number of hydrogen-bond donors (Lipinski definition) is 2. The lowest BCUT2D eigenvalue weighted by molar-refractivity contribution is -0.117. The van der Waals surface area contributed by atoms with Crippen molar-refractivity contribution < 1.29 is 9.53 Å². The Hall–Kier alpha value is -3.02. The number of carbonyl (C=O) groups excluding carboxylic acids is 1. The highest BCUT2D eigenvalue weighted by molar-refractivity contribution is 5.98. The highest BCUT2D eigenvalue weighted by atomic mass is 16.5. The number of ether oxygens (including phenoxy) is 1. The summed E-state index contributed by atoms with van der Waals surface area (Å²) in [5.74, 6) is 1.47. The molecule has 2 aromatic rings. The van der Waals surface area contributed by atoms with Crippen LogP contribution >= 0.6 is 0 Å². The Morgan fingerprint density at radius 1 is 1.21 bits per heavy atom. The molecule has 1 amide bonds. The Morgan fingerprint density at radius 2 is 2.04 bits per heavy atom. The van der Waals surface area contributed by atoms with Gasteiger partial charge in [-0.3, -0.25) is 9.79 Å². The van der Waals surface area contributed by atoms with E-state index in [0.29, 0.717) is 12.5 Å². The quantitative estimate of drug-likeness (QED) is 0.618. The Bertz CT molecular complexity index is 863. The van der Waals surface area contributed by atoms with Crippen LogP contribution in [0.3, 0.4) is 0 Å². The Kier molecular flexibility index (Phi) is 6.53. The molecule has 2 N–H and O–H groups in total. The summed E-state index contributed by atoms with van der Waals surface area (Å²) in [7, 11) is 3.36. The van der Waals surface area contributed by atoms with Crippen molar-refractivity contribution in [1.82, 2.24) is 10.6 Å². The number of carbonyl (C=O) groups is 1. The van der Waals surface area contributed by atoms with Crippen LogP contribution in [0.15, 0.2) is 47.5 Å². The van der Waals surface area contributed by atoms with E-state index in [0.717, 1.165) is 42.0 Å². The fourth-order valence-corrected chi connectivity index (χ4v) is 3.44. The minimum absolute atomic E-state index is 0.0445. The summed E-state index contributed by atoms with van der Waals surface area (Å²) in [5, 5.41) is 6.37. The van der Waals surface area contributed by atoms with Gasteiger partial charge < -0.3 is 20.3 Å². The molecule has 0 radical (unpaired) electrons. The molecule has 6 nitrogen and oxygen atoms in total. The van der Waals surface area contributed by atoms with E-state index in [1.165, 1.54) is 5.56 Å². The van der Waals surface area contributed by atoms with E-state index < -0.39 is 0 Å². The third-order valence-electron chi connectivity index (χ3n) is 4.93. The van der Waals surface area contributed by atoms with Crippen LogP contribution in [0.5, 0.6) is 5.75 Å². The number of benzene rings is 2. The minimum atomic E-state index is 0.0445. The molecule has 1 aliphatic heterocycles. The molecule has 0 saturated heterocycles. The molecule has 0 saturated carbocycles. The standard InChI is InChI=1S/C22H28N4O2/c1-16-10-11-18(20(13-16)28-3)14-24-22(23-2)25-15-21(27)26-12-6-8-17-7-4-5-9-19(17)26/h4-5,7,9-11,13H,6,8,12,14-15H2,1-3H3,(H2,23,24,25). The molecule has 0 aromatic heterocycles. The number of fused-ring (bicyclic) bond motifs is 1. The predicted molar refractivity (Wildman–Crippen MR) is 113 cm³/mol. The van der Waals surface area contributed by atoms with E-state index in [1.807, 2.05) is 48.2 Å². The molecular formula is C22H28N4O2. The summed E-state index contributed by atoms with van der Waals surface area (Å²) in [6.45, 7) is 3.54. The van der Waals surface area contributed by atoms with Crippen molar-refractivity contribution in [3.63, 3.8) is 0 Å². The lowest BCUT2D eigenvalue weighted by atomic mass is 10.0. The topological polar surface area (TPSA) is 66.0 Å². The van der Waals surface area contributed by atoms with Crippen LogP contribution in [0.25, 0.3) is 0 Å². The molecule has 148 valence electrons. The van der Waals surface area contributed by atoms with E-state index in [9.17, 15) is 4.79 Å². The maximum atomic E-state index is 12.8. The van der Waals surface area contributed by atoms with Gasteiger partial charge in [-0.15, -0.1) is 0 Å².